The van der Waals surface area contributed by atoms with Crippen molar-refractivity contribution in [2.75, 3.05) is 6.61 Å². The highest BCUT2D eigenvalue weighted by molar-refractivity contribution is 5.88. The van der Waals surface area contributed by atoms with Crippen molar-refractivity contribution in [3.05, 3.63) is 11.4 Å². The zero-order chi connectivity index (χ0) is 13.9. The van der Waals surface area contributed by atoms with E-state index in [1.165, 1.54) is 25.7 Å². The number of carbonyl (C=O) groups is 1. The maximum Gasteiger partial charge on any atom is 0.360 e. The second-order valence-corrected chi connectivity index (χ2v) is 5.91. The number of hydrogen-bond donors (Lipinski definition) is 0. The molecule has 5 nitrogen and oxygen atoms in total. The van der Waals surface area contributed by atoms with Crippen LogP contribution in [-0.4, -0.2) is 27.6 Å². The van der Waals surface area contributed by atoms with Gasteiger partial charge in [0.1, 0.15) is 0 Å². The first-order chi connectivity index (χ1) is 9.81. The maximum absolute atomic E-state index is 12.0. The molecule has 2 aliphatic carbocycles. The van der Waals surface area contributed by atoms with Crippen molar-refractivity contribution in [3.63, 3.8) is 0 Å². The van der Waals surface area contributed by atoms with Crippen molar-refractivity contribution >= 4 is 5.97 Å². The normalized spacial score (nSPS) is 20.6. The quantitative estimate of drug-likeness (QED) is 0.626. The fraction of sp³-hybridized carbons (Fsp3) is 0.800. The molecule has 0 unspecified atom stereocenters. The highest BCUT2D eigenvalue weighted by Crippen LogP contribution is 2.43. The summed E-state index contributed by atoms with van der Waals surface area (Å²) < 4.78 is 7.17. The van der Waals surface area contributed by atoms with Gasteiger partial charge in [0, 0.05) is 5.92 Å². The average Bonchev–Trinajstić information content (AvgIpc) is 3.23. The average molecular weight is 277 g/mol. The number of nitrogens with zero attached hydrogens (tertiary/aromatic N) is 3. The standard InChI is InChI=1S/C15H23N3O2/c1-2-20-15(19)13-14(11-9-10-11)18(17-16-13)12-7-5-3-4-6-8-12/h11-12H,2-10H2,1H3. The lowest BCUT2D eigenvalue weighted by Crippen LogP contribution is -2.15. The summed E-state index contributed by atoms with van der Waals surface area (Å²) in [5.41, 5.74) is 1.49. The molecule has 20 heavy (non-hydrogen) atoms. The van der Waals surface area contributed by atoms with Crippen molar-refractivity contribution in [2.45, 2.75) is 70.3 Å². The van der Waals surface area contributed by atoms with E-state index in [1.807, 2.05) is 6.92 Å². The molecular weight excluding hydrogens is 254 g/mol. The molecule has 2 fully saturated rings. The number of ether oxygens (including phenoxy) is 1. The van der Waals surface area contributed by atoms with Gasteiger partial charge in [-0.3, -0.25) is 0 Å². The monoisotopic (exact) mass is 277 g/mol. The van der Waals surface area contributed by atoms with Crippen LogP contribution in [-0.2, 0) is 4.74 Å². The maximum atomic E-state index is 12.0. The number of aromatic nitrogens is 3. The van der Waals surface area contributed by atoms with Gasteiger partial charge in [0.2, 0.25) is 0 Å². The van der Waals surface area contributed by atoms with Crippen LogP contribution in [0.1, 0.15) is 86.4 Å². The van der Waals surface area contributed by atoms with Gasteiger partial charge < -0.3 is 4.74 Å². The Morgan fingerprint density at radius 2 is 1.90 bits per heavy atom. The van der Waals surface area contributed by atoms with Gasteiger partial charge in [-0.1, -0.05) is 30.9 Å². The van der Waals surface area contributed by atoms with E-state index in [2.05, 4.69) is 15.0 Å². The van der Waals surface area contributed by atoms with E-state index >= 15 is 0 Å². The molecule has 5 heteroatoms. The van der Waals surface area contributed by atoms with E-state index in [9.17, 15) is 4.79 Å². The van der Waals surface area contributed by atoms with Crippen LogP contribution in [0.3, 0.4) is 0 Å². The molecule has 0 N–H and O–H groups in total. The Balaban J connectivity index is 1.88. The lowest BCUT2D eigenvalue weighted by atomic mass is 10.1. The molecule has 0 saturated heterocycles. The fourth-order valence-corrected chi connectivity index (χ4v) is 3.15. The zero-order valence-electron chi connectivity index (χ0n) is 12.2. The largest absolute Gasteiger partial charge is 0.461 e. The van der Waals surface area contributed by atoms with Gasteiger partial charge in [0.25, 0.3) is 0 Å². The molecule has 1 aromatic heterocycles. The van der Waals surface area contributed by atoms with E-state index in [0.717, 1.165) is 31.4 Å². The summed E-state index contributed by atoms with van der Waals surface area (Å²) in [5, 5.41) is 8.45. The Kier molecular flexibility index (Phi) is 4.03. The Morgan fingerprint density at radius 1 is 1.20 bits per heavy atom. The van der Waals surface area contributed by atoms with Crippen LogP contribution >= 0.6 is 0 Å². The summed E-state index contributed by atoms with van der Waals surface area (Å²) in [4.78, 5) is 12.0. The second kappa shape index (κ2) is 5.94. The van der Waals surface area contributed by atoms with Crippen LogP contribution in [0, 0.1) is 0 Å². The van der Waals surface area contributed by atoms with Crippen molar-refractivity contribution in [1.82, 2.24) is 15.0 Å². The molecule has 2 saturated carbocycles. The molecule has 1 heterocycles. The van der Waals surface area contributed by atoms with Gasteiger partial charge in [-0.2, -0.15) is 0 Å². The summed E-state index contributed by atoms with van der Waals surface area (Å²) >= 11 is 0. The first kappa shape index (κ1) is 13.6. The molecule has 0 atom stereocenters. The molecule has 1 aromatic rings. The molecule has 0 bridgehead atoms. The van der Waals surface area contributed by atoms with E-state index in [4.69, 9.17) is 4.74 Å². The Morgan fingerprint density at radius 3 is 2.50 bits per heavy atom. The molecule has 2 aliphatic rings. The van der Waals surface area contributed by atoms with Crippen LogP contribution in [0.4, 0.5) is 0 Å². The molecule has 0 aromatic carbocycles. The van der Waals surface area contributed by atoms with Crippen molar-refractivity contribution in [2.24, 2.45) is 0 Å². The first-order valence-corrected chi connectivity index (χ1v) is 7.93. The van der Waals surface area contributed by atoms with Gasteiger partial charge in [-0.05, 0) is 32.6 Å². The number of hydrogen-bond acceptors (Lipinski definition) is 4. The molecule has 0 radical (unpaired) electrons. The lowest BCUT2D eigenvalue weighted by Gasteiger charge is -2.17. The molecule has 0 aliphatic heterocycles. The summed E-state index contributed by atoms with van der Waals surface area (Å²) in [6.45, 7) is 2.21. The number of esters is 1. The first-order valence-electron chi connectivity index (χ1n) is 7.93. The number of rotatable bonds is 4. The highest BCUT2D eigenvalue weighted by Gasteiger charge is 2.36. The topological polar surface area (TPSA) is 57.0 Å². The number of carbonyl (C=O) groups excluding carboxylic acids is 1. The predicted octanol–water partition coefficient (Wildman–Crippen LogP) is 3.23. The third-order valence-electron chi connectivity index (χ3n) is 4.33. The van der Waals surface area contributed by atoms with Crippen LogP contribution in [0.25, 0.3) is 0 Å². The Hall–Kier alpha value is -1.39. The van der Waals surface area contributed by atoms with Crippen molar-refractivity contribution in [1.29, 1.82) is 0 Å². The summed E-state index contributed by atoms with van der Waals surface area (Å²) in [6, 6.07) is 0.420. The molecule has 3 rings (SSSR count). The fourth-order valence-electron chi connectivity index (χ4n) is 3.15. The van der Waals surface area contributed by atoms with Crippen LogP contribution < -0.4 is 0 Å². The van der Waals surface area contributed by atoms with Gasteiger partial charge in [-0.25, -0.2) is 9.48 Å². The minimum absolute atomic E-state index is 0.311. The molecule has 0 spiro atoms. The van der Waals surface area contributed by atoms with Crippen molar-refractivity contribution in [3.8, 4) is 0 Å². The van der Waals surface area contributed by atoms with Gasteiger partial charge in [0.15, 0.2) is 5.69 Å². The van der Waals surface area contributed by atoms with E-state index in [-0.39, 0.29) is 5.97 Å². The van der Waals surface area contributed by atoms with E-state index < -0.39 is 0 Å². The zero-order valence-corrected chi connectivity index (χ0v) is 12.2. The Labute approximate surface area is 119 Å². The van der Waals surface area contributed by atoms with Crippen LogP contribution in [0.2, 0.25) is 0 Å². The minimum Gasteiger partial charge on any atom is -0.461 e. The molecule has 0 amide bonds. The molecular formula is C15H23N3O2. The third kappa shape index (κ3) is 2.72. The van der Waals surface area contributed by atoms with Crippen LogP contribution in [0.15, 0.2) is 0 Å². The summed E-state index contributed by atoms with van der Waals surface area (Å²) in [7, 11) is 0. The smallest absolute Gasteiger partial charge is 0.360 e. The van der Waals surface area contributed by atoms with Crippen LogP contribution in [0.5, 0.6) is 0 Å². The van der Waals surface area contributed by atoms with Gasteiger partial charge in [0.05, 0.1) is 18.3 Å². The Bertz CT molecular complexity index is 471. The van der Waals surface area contributed by atoms with Gasteiger partial charge in [-0.15, -0.1) is 5.10 Å². The van der Waals surface area contributed by atoms with Crippen molar-refractivity contribution < 1.29 is 9.53 Å². The molecule has 110 valence electrons. The van der Waals surface area contributed by atoms with E-state index in [1.54, 1.807) is 0 Å². The lowest BCUT2D eigenvalue weighted by molar-refractivity contribution is 0.0518. The summed E-state index contributed by atoms with van der Waals surface area (Å²) in [5.74, 6) is 0.155. The third-order valence-corrected chi connectivity index (χ3v) is 4.33. The highest BCUT2D eigenvalue weighted by atomic mass is 16.5. The second-order valence-electron chi connectivity index (χ2n) is 5.91. The van der Waals surface area contributed by atoms with Gasteiger partial charge >= 0.3 is 5.97 Å². The van der Waals surface area contributed by atoms with E-state index in [0.29, 0.717) is 24.3 Å². The summed E-state index contributed by atoms with van der Waals surface area (Å²) in [6.07, 6.45) is 9.74. The predicted molar refractivity (Wildman–Crippen MR) is 74.7 cm³/mol. The minimum atomic E-state index is -0.311. The SMILES string of the molecule is CCOC(=O)c1nnn(C2CCCCCC2)c1C1CC1.